The number of aryl methyl sites for hydroxylation is 1. The van der Waals surface area contributed by atoms with Crippen molar-refractivity contribution in [2.24, 2.45) is 5.92 Å². The van der Waals surface area contributed by atoms with E-state index >= 15 is 0 Å². The number of ether oxygens (including phenoxy) is 2. The molecule has 0 spiro atoms. The van der Waals surface area contributed by atoms with E-state index in [1.807, 2.05) is 18.6 Å². The van der Waals surface area contributed by atoms with Crippen molar-refractivity contribution in [1.29, 1.82) is 0 Å². The van der Waals surface area contributed by atoms with Gasteiger partial charge >= 0.3 is 0 Å². The van der Waals surface area contributed by atoms with Gasteiger partial charge in [-0.25, -0.2) is 19.1 Å². The van der Waals surface area contributed by atoms with Crippen LogP contribution in [0.3, 0.4) is 0 Å². The molecule has 8 nitrogen and oxygen atoms in total. The summed E-state index contributed by atoms with van der Waals surface area (Å²) >= 11 is 0. The summed E-state index contributed by atoms with van der Waals surface area (Å²) in [5.74, 6) is -0.957. The molecular formula is C26H32FN3O5S. The second kappa shape index (κ2) is 11.8. The van der Waals surface area contributed by atoms with Crippen LogP contribution in [0.4, 0.5) is 4.39 Å². The lowest BCUT2D eigenvalue weighted by atomic mass is 10.1. The second-order valence-electron chi connectivity index (χ2n) is 8.36. The third kappa shape index (κ3) is 7.11. The average Bonchev–Trinajstić information content (AvgIpc) is 2.82. The summed E-state index contributed by atoms with van der Waals surface area (Å²) in [4.78, 5) is 21.3. The highest BCUT2D eigenvalue weighted by atomic mass is 32.2. The first-order valence-electron chi connectivity index (χ1n) is 11.3. The van der Waals surface area contributed by atoms with E-state index in [2.05, 4.69) is 9.97 Å². The topological polar surface area (TPSA) is 107 Å². The number of carbonyl (C=O) groups excluding carboxylic acids is 1. The molecule has 2 aromatic heterocycles. The van der Waals surface area contributed by atoms with Gasteiger partial charge in [0.05, 0.1) is 12.3 Å². The molecule has 0 unspecified atom stereocenters. The molecule has 0 radical (unpaired) electrons. The number of allylic oxidation sites excluding steroid dienone is 1. The first-order chi connectivity index (χ1) is 17.1. The summed E-state index contributed by atoms with van der Waals surface area (Å²) in [5, 5.41) is -0.287. The van der Waals surface area contributed by atoms with E-state index < -0.39 is 21.7 Å². The molecule has 10 heteroatoms. The third-order valence-corrected chi connectivity index (χ3v) is 6.00. The fourth-order valence-corrected chi connectivity index (χ4v) is 4.04. The van der Waals surface area contributed by atoms with Gasteiger partial charge in [-0.05, 0) is 56.2 Å². The van der Waals surface area contributed by atoms with E-state index in [1.54, 1.807) is 38.1 Å². The molecule has 1 amide bonds. The van der Waals surface area contributed by atoms with Gasteiger partial charge in [0.15, 0.2) is 5.03 Å². The number of halogens is 1. The van der Waals surface area contributed by atoms with Crippen LogP contribution < -0.4 is 14.2 Å². The van der Waals surface area contributed by atoms with Crippen molar-refractivity contribution >= 4 is 15.9 Å². The molecule has 3 aromatic rings. The number of pyridine rings is 2. The van der Waals surface area contributed by atoms with E-state index in [0.717, 1.165) is 0 Å². The van der Waals surface area contributed by atoms with Gasteiger partial charge in [-0.1, -0.05) is 32.1 Å². The first-order valence-corrected chi connectivity index (χ1v) is 12.8. The van der Waals surface area contributed by atoms with Crippen molar-refractivity contribution in [1.82, 2.24) is 14.7 Å². The molecule has 0 bridgehead atoms. The highest BCUT2D eigenvalue weighted by Gasteiger charge is 2.24. The molecular weight excluding hydrogens is 485 g/mol. The van der Waals surface area contributed by atoms with Crippen molar-refractivity contribution in [3.8, 4) is 22.9 Å². The van der Waals surface area contributed by atoms with Crippen LogP contribution in [0.5, 0.6) is 11.6 Å². The number of nitrogens with one attached hydrogen (secondary N) is 1. The van der Waals surface area contributed by atoms with Gasteiger partial charge in [-0.15, -0.1) is 0 Å². The van der Waals surface area contributed by atoms with Crippen molar-refractivity contribution in [3.05, 3.63) is 77.8 Å². The molecule has 0 aliphatic rings. The minimum absolute atomic E-state index is 0. The van der Waals surface area contributed by atoms with E-state index in [9.17, 15) is 17.6 Å². The Kier molecular flexibility index (Phi) is 8.76. The fourth-order valence-electron chi connectivity index (χ4n) is 3.06. The Morgan fingerprint density at radius 1 is 1.14 bits per heavy atom. The number of amides is 1. The van der Waals surface area contributed by atoms with Crippen molar-refractivity contribution in [2.45, 2.75) is 32.7 Å². The van der Waals surface area contributed by atoms with E-state index in [4.69, 9.17) is 9.47 Å². The van der Waals surface area contributed by atoms with Crippen LogP contribution in [-0.2, 0) is 10.0 Å². The minimum Gasteiger partial charge on any atom is -0.493 e. The lowest BCUT2D eigenvalue weighted by Crippen LogP contribution is -2.31. The summed E-state index contributed by atoms with van der Waals surface area (Å²) in [6, 6.07) is 11.5. The summed E-state index contributed by atoms with van der Waals surface area (Å²) in [6.45, 7) is 7.91. The first kappa shape index (κ1) is 26.8. The fraction of sp³-hybridized carbons (Fsp3) is 0.269. The van der Waals surface area contributed by atoms with Gasteiger partial charge in [0.1, 0.15) is 23.7 Å². The number of hydrogen-bond acceptors (Lipinski definition) is 7. The summed E-state index contributed by atoms with van der Waals surface area (Å²) in [5.41, 5.74) is 1.11. The Labute approximate surface area is 213 Å². The molecule has 0 saturated carbocycles. The zero-order valence-electron chi connectivity index (χ0n) is 20.5. The predicted octanol–water partition coefficient (Wildman–Crippen LogP) is 5.19. The normalized spacial score (nSPS) is 11.6. The maximum Gasteiger partial charge on any atom is 0.281 e. The maximum absolute atomic E-state index is 14.3. The molecule has 0 aliphatic heterocycles. The Morgan fingerprint density at radius 3 is 2.61 bits per heavy atom. The average molecular weight is 518 g/mol. The molecule has 3 rings (SSSR count). The van der Waals surface area contributed by atoms with Gasteiger partial charge in [0.2, 0.25) is 5.88 Å². The Morgan fingerprint density at radius 2 is 1.92 bits per heavy atom. The van der Waals surface area contributed by atoms with Crippen LogP contribution in [0.2, 0.25) is 0 Å². The molecule has 194 valence electrons. The maximum atomic E-state index is 14.3. The number of aromatic nitrogens is 2. The lowest BCUT2D eigenvalue weighted by molar-refractivity contribution is 0.0977. The number of nitrogens with zero attached hydrogens (tertiary/aromatic N) is 2. The SMILES string of the molecule is C/C=C/COc1nc(-c2cc(F)cc(OCC(C)C)c2)ccc1C(=O)NS(=O)(=O)c1cccc(C)n1.[HH].[HH]. The molecule has 2 heterocycles. The van der Waals surface area contributed by atoms with Gasteiger partial charge in [-0.2, -0.15) is 8.42 Å². The van der Waals surface area contributed by atoms with Crippen molar-refractivity contribution in [2.75, 3.05) is 13.2 Å². The number of benzene rings is 1. The van der Waals surface area contributed by atoms with Crippen molar-refractivity contribution < 1.29 is 29.9 Å². The van der Waals surface area contributed by atoms with Gasteiger partial charge in [0.25, 0.3) is 15.9 Å². The largest absolute Gasteiger partial charge is 0.493 e. The number of carbonyl (C=O) groups is 1. The van der Waals surface area contributed by atoms with Crippen LogP contribution in [0, 0.1) is 18.7 Å². The highest BCUT2D eigenvalue weighted by Crippen LogP contribution is 2.28. The number of hydrogen-bond donors (Lipinski definition) is 1. The van der Waals surface area contributed by atoms with Crippen LogP contribution in [0.15, 0.2) is 65.7 Å². The smallest absolute Gasteiger partial charge is 0.281 e. The molecule has 0 fully saturated rings. The minimum atomic E-state index is -4.23. The number of sulfonamides is 1. The molecule has 1 N–H and O–H groups in total. The third-order valence-electron chi connectivity index (χ3n) is 4.77. The van der Waals surface area contributed by atoms with E-state index in [0.29, 0.717) is 29.3 Å². The van der Waals surface area contributed by atoms with Gasteiger partial charge in [-0.3, -0.25) is 4.79 Å². The van der Waals surface area contributed by atoms with Crippen molar-refractivity contribution in [3.63, 3.8) is 0 Å². The molecule has 0 aliphatic carbocycles. The molecule has 36 heavy (non-hydrogen) atoms. The molecule has 0 saturated heterocycles. The summed E-state index contributed by atoms with van der Waals surface area (Å²) in [7, 11) is -4.23. The predicted molar refractivity (Wildman–Crippen MR) is 138 cm³/mol. The second-order valence-corrected chi connectivity index (χ2v) is 9.99. The zero-order valence-corrected chi connectivity index (χ0v) is 21.3. The van der Waals surface area contributed by atoms with Crippen LogP contribution in [0.25, 0.3) is 11.3 Å². The summed E-state index contributed by atoms with van der Waals surface area (Å²) in [6.07, 6.45) is 3.45. The Bertz CT molecular complexity index is 1390. The summed E-state index contributed by atoms with van der Waals surface area (Å²) < 4.78 is 53.0. The molecule has 0 atom stereocenters. The lowest BCUT2D eigenvalue weighted by Gasteiger charge is -2.13. The van der Waals surface area contributed by atoms with Crippen LogP contribution in [0.1, 0.15) is 39.7 Å². The van der Waals surface area contributed by atoms with E-state index in [1.165, 1.54) is 36.4 Å². The monoisotopic (exact) mass is 517 g/mol. The van der Waals surface area contributed by atoms with E-state index in [-0.39, 0.29) is 31.8 Å². The standard InChI is InChI=1S/C26H28FN3O5S.2H2/c1-5-6-12-34-26-22(25(31)30-36(32,33)24-9-7-8-18(4)28-24)10-11-23(29-26)19-13-20(27)15-21(14-19)35-16-17(2)3;;/h5-11,13-15,17H,12,16H2,1-4H3,(H,30,31);2*1H/b6-5+;;. The molecule has 1 aromatic carbocycles. The number of rotatable bonds is 10. The highest BCUT2D eigenvalue weighted by molar-refractivity contribution is 7.90. The quantitative estimate of drug-likeness (QED) is 0.369. The van der Waals surface area contributed by atoms with Gasteiger partial charge in [0, 0.05) is 20.2 Å². The Hall–Kier alpha value is -3.79. The van der Waals surface area contributed by atoms with Gasteiger partial charge < -0.3 is 9.47 Å². The van der Waals surface area contributed by atoms with Crippen LogP contribution in [-0.4, -0.2) is 37.5 Å². The zero-order chi connectivity index (χ0) is 26.3. The Balaban J connectivity index is 0.00000361. The van der Waals surface area contributed by atoms with Crippen LogP contribution >= 0.6 is 0 Å².